The van der Waals surface area contributed by atoms with Gasteiger partial charge in [0.2, 0.25) is 0 Å². The van der Waals surface area contributed by atoms with E-state index in [4.69, 9.17) is 16.7 Å². The predicted octanol–water partition coefficient (Wildman–Crippen LogP) is 2.12. The van der Waals surface area contributed by atoms with Crippen LogP contribution in [0.2, 0.25) is 0 Å². The molecule has 0 aliphatic carbocycles. The third kappa shape index (κ3) is 7.65. The Balaban J connectivity index is 2.80. The van der Waals surface area contributed by atoms with Crippen LogP contribution >= 0.6 is 11.6 Å². The zero-order valence-electron chi connectivity index (χ0n) is 5.36. The first-order chi connectivity index (χ1) is 4.41. The molecule has 0 amide bonds. The van der Waals surface area contributed by atoms with E-state index in [1.807, 2.05) is 6.11 Å². The van der Waals surface area contributed by atoms with E-state index < -0.39 is 0 Å². The van der Waals surface area contributed by atoms with Crippen molar-refractivity contribution >= 4 is 11.6 Å². The molecular weight excluding hydrogens is 136 g/mol. The highest BCUT2D eigenvalue weighted by Crippen LogP contribution is 1.99. The van der Waals surface area contributed by atoms with E-state index in [0.29, 0.717) is 0 Å². The van der Waals surface area contributed by atoms with Gasteiger partial charge in [-0.25, -0.2) is 0 Å². The van der Waals surface area contributed by atoms with Crippen LogP contribution in [-0.2, 0) is 0 Å². The van der Waals surface area contributed by atoms with Crippen LogP contribution in [0.5, 0.6) is 0 Å². The molecule has 1 N–H and O–H groups in total. The van der Waals surface area contributed by atoms with Crippen LogP contribution < -0.4 is 0 Å². The summed E-state index contributed by atoms with van der Waals surface area (Å²) in [6.07, 6.45) is 5.85. The number of halogens is 1. The highest BCUT2D eigenvalue weighted by molar-refractivity contribution is 6.17. The first-order valence-corrected chi connectivity index (χ1v) is 3.63. The van der Waals surface area contributed by atoms with Gasteiger partial charge in [-0.1, -0.05) is 12.3 Å². The van der Waals surface area contributed by atoms with E-state index >= 15 is 0 Å². The molecular formula is C7H11ClO. The highest BCUT2D eigenvalue weighted by atomic mass is 35.5. The second-order valence-corrected chi connectivity index (χ2v) is 2.17. The minimum absolute atomic E-state index is 0.729. The van der Waals surface area contributed by atoms with Gasteiger partial charge in [0.25, 0.3) is 0 Å². The van der Waals surface area contributed by atoms with E-state index in [0.717, 1.165) is 31.6 Å². The second-order valence-electron chi connectivity index (χ2n) is 1.79. The molecule has 52 valence electrons. The summed E-state index contributed by atoms with van der Waals surface area (Å²) in [6, 6.07) is 0. The molecule has 0 rings (SSSR count). The molecule has 1 nitrogen and oxygen atoms in total. The smallest absolute Gasteiger partial charge is 0.107 e. The summed E-state index contributed by atoms with van der Waals surface area (Å²) in [6.45, 7) is 0. The van der Waals surface area contributed by atoms with Crippen molar-refractivity contribution in [3.63, 3.8) is 0 Å². The number of rotatable bonds is 4. The Morgan fingerprint density at radius 2 is 2.00 bits per heavy atom. The summed E-state index contributed by atoms with van der Waals surface area (Å²) in [5, 5.41) is 8.04. The molecule has 0 aromatic heterocycles. The first kappa shape index (κ1) is 8.65. The van der Waals surface area contributed by atoms with Crippen molar-refractivity contribution in [1.29, 1.82) is 0 Å². The summed E-state index contributed by atoms with van der Waals surface area (Å²) in [4.78, 5) is 0. The van der Waals surface area contributed by atoms with E-state index in [-0.39, 0.29) is 0 Å². The van der Waals surface area contributed by atoms with Gasteiger partial charge in [-0.05, 0) is 12.8 Å². The Morgan fingerprint density at radius 3 is 2.56 bits per heavy atom. The van der Waals surface area contributed by atoms with Crippen LogP contribution in [0.3, 0.4) is 0 Å². The van der Waals surface area contributed by atoms with Gasteiger partial charge in [0.15, 0.2) is 0 Å². The van der Waals surface area contributed by atoms with Crippen molar-refractivity contribution in [2.45, 2.75) is 25.7 Å². The minimum Gasteiger partial charge on any atom is -0.462 e. The van der Waals surface area contributed by atoms with Gasteiger partial charge >= 0.3 is 0 Å². The number of hydrogen-bond donors (Lipinski definition) is 1. The molecule has 0 aromatic rings. The molecule has 0 aromatic carbocycles. The van der Waals surface area contributed by atoms with Crippen molar-refractivity contribution in [2.75, 3.05) is 5.88 Å². The molecule has 0 saturated carbocycles. The Morgan fingerprint density at radius 1 is 1.22 bits per heavy atom. The molecule has 0 aliphatic heterocycles. The molecule has 0 heterocycles. The van der Waals surface area contributed by atoms with E-state index in [1.165, 1.54) is 0 Å². The van der Waals surface area contributed by atoms with Crippen molar-refractivity contribution in [1.82, 2.24) is 0 Å². The maximum absolute atomic E-state index is 8.04. The lowest BCUT2D eigenvalue weighted by Crippen LogP contribution is -1.76. The number of hydrogen-bond acceptors (Lipinski definition) is 1. The summed E-state index contributed by atoms with van der Waals surface area (Å²) < 4.78 is 0. The lowest BCUT2D eigenvalue weighted by atomic mass is 10.2. The molecule has 0 saturated heterocycles. The number of alkyl halides is 1. The van der Waals surface area contributed by atoms with Crippen molar-refractivity contribution in [3.05, 3.63) is 0 Å². The average Bonchev–Trinajstić information content (AvgIpc) is 1.89. The monoisotopic (exact) mass is 146 g/mol. The maximum atomic E-state index is 8.04. The average molecular weight is 147 g/mol. The van der Waals surface area contributed by atoms with Crippen LogP contribution in [0.1, 0.15) is 25.7 Å². The van der Waals surface area contributed by atoms with E-state index in [1.54, 1.807) is 0 Å². The summed E-state index contributed by atoms with van der Waals surface area (Å²) in [5.74, 6) is 3.30. The van der Waals surface area contributed by atoms with Gasteiger partial charge in [-0.2, -0.15) is 0 Å². The van der Waals surface area contributed by atoms with Gasteiger partial charge in [0.05, 0.1) is 0 Å². The van der Waals surface area contributed by atoms with E-state index in [9.17, 15) is 0 Å². The Hall–Kier alpha value is -0.350. The van der Waals surface area contributed by atoms with Gasteiger partial charge in [0.1, 0.15) is 6.11 Å². The van der Waals surface area contributed by atoms with Crippen LogP contribution in [0.25, 0.3) is 0 Å². The summed E-state index contributed by atoms with van der Waals surface area (Å²) in [5.41, 5.74) is 0. The summed E-state index contributed by atoms with van der Waals surface area (Å²) >= 11 is 5.43. The molecule has 0 aliphatic rings. The molecule has 0 bridgehead atoms. The summed E-state index contributed by atoms with van der Waals surface area (Å²) in [7, 11) is 0. The van der Waals surface area contributed by atoms with Crippen molar-refractivity contribution in [3.8, 4) is 12.0 Å². The van der Waals surface area contributed by atoms with E-state index in [2.05, 4.69) is 5.92 Å². The molecule has 0 radical (unpaired) electrons. The fraction of sp³-hybridized carbons (Fsp3) is 0.714. The largest absolute Gasteiger partial charge is 0.462 e. The Labute approximate surface area is 61.0 Å². The number of aliphatic hydroxyl groups excluding tert-OH is 1. The van der Waals surface area contributed by atoms with Gasteiger partial charge in [-0.15, -0.1) is 11.6 Å². The molecule has 0 spiro atoms. The molecule has 0 unspecified atom stereocenters. The van der Waals surface area contributed by atoms with Gasteiger partial charge < -0.3 is 5.11 Å². The standard InChI is InChI=1S/C7H11ClO/c8-6-4-2-1-3-5-7-9/h9H,1-4,6H2. The SMILES string of the molecule is OC#CCCCCCCl. The zero-order valence-corrected chi connectivity index (χ0v) is 6.12. The quantitative estimate of drug-likeness (QED) is 0.366. The highest BCUT2D eigenvalue weighted by Gasteiger charge is 1.83. The first-order valence-electron chi connectivity index (χ1n) is 3.09. The third-order valence-electron chi connectivity index (χ3n) is 1.01. The van der Waals surface area contributed by atoms with Crippen LogP contribution in [0.4, 0.5) is 0 Å². The normalized spacial score (nSPS) is 8.11. The fourth-order valence-electron chi connectivity index (χ4n) is 0.541. The zero-order chi connectivity index (χ0) is 6.95. The van der Waals surface area contributed by atoms with Crippen molar-refractivity contribution in [2.24, 2.45) is 0 Å². The third-order valence-corrected chi connectivity index (χ3v) is 1.28. The number of unbranched alkanes of at least 4 members (excludes halogenated alkanes) is 3. The van der Waals surface area contributed by atoms with Crippen molar-refractivity contribution < 1.29 is 5.11 Å². The minimum atomic E-state index is 0.729. The fourth-order valence-corrected chi connectivity index (χ4v) is 0.730. The molecule has 9 heavy (non-hydrogen) atoms. The lowest BCUT2D eigenvalue weighted by molar-refractivity contribution is 0.515. The molecule has 0 atom stereocenters. The lowest BCUT2D eigenvalue weighted by Gasteiger charge is -1.89. The van der Waals surface area contributed by atoms with Crippen LogP contribution in [0.15, 0.2) is 0 Å². The topological polar surface area (TPSA) is 20.2 Å². The van der Waals surface area contributed by atoms with Gasteiger partial charge in [0, 0.05) is 12.3 Å². The number of aliphatic hydroxyl groups is 1. The second kappa shape index (κ2) is 7.65. The molecule has 0 fully saturated rings. The van der Waals surface area contributed by atoms with Crippen LogP contribution in [-0.4, -0.2) is 11.0 Å². The Bertz CT molecular complexity index is 101. The maximum Gasteiger partial charge on any atom is 0.107 e. The molecule has 2 heteroatoms. The predicted molar refractivity (Wildman–Crippen MR) is 38.9 cm³/mol. The van der Waals surface area contributed by atoms with Crippen LogP contribution in [0, 0.1) is 12.0 Å². The Kier molecular flexibility index (Phi) is 7.35. The van der Waals surface area contributed by atoms with Gasteiger partial charge in [-0.3, -0.25) is 0 Å².